The highest BCUT2D eigenvalue weighted by Gasteiger charge is 2.27. The van der Waals surface area contributed by atoms with E-state index in [1.54, 1.807) is 65.2 Å². The number of nitrogens with zero attached hydrogens (tertiary/aromatic N) is 1. The molecule has 2 aromatic heterocycles. The molecule has 35 heavy (non-hydrogen) atoms. The Balaban J connectivity index is 1.80. The molecule has 2 aromatic carbocycles. The summed E-state index contributed by atoms with van der Waals surface area (Å²) in [4.78, 5) is 27.0. The van der Waals surface area contributed by atoms with Gasteiger partial charge in [-0.2, -0.15) is 0 Å². The standard InChI is InChI=1S/C26H25N3O6/c1-32-16-9-11-19(33-2)17(14-16)28-26(31)22-18-7-5-6-12-29(18)24(23(22)27)25(30)15-8-10-20(34-3)21(13-15)35-4/h5-14H,27H2,1-4H3,(H,28,31). The molecule has 0 unspecified atom stereocenters. The highest BCUT2D eigenvalue weighted by atomic mass is 16.5. The number of hydrogen-bond acceptors (Lipinski definition) is 7. The molecule has 0 atom stereocenters. The van der Waals surface area contributed by atoms with Gasteiger partial charge in [-0.3, -0.25) is 9.59 Å². The van der Waals surface area contributed by atoms with Crippen LogP contribution in [0.5, 0.6) is 23.0 Å². The minimum absolute atomic E-state index is 0.0512. The van der Waals surface area contributed by atoms with Crippen LogP contribution in [-0.4, -0.2) is 44.5 Å². The van der Waals surface area contributed by atoms with Crippen molar-refractivity contribution >= 4 is 28.6 Å². The van der Waals surface area contributed by atoms with Crippen molar-refractivity contribution in [1.82, 2.24) is 4.40 Å². The van der Waals surface area contributed by atoms with Gasteiger partial charge in [0.1, 0.15) is 17.2 Å². The Morgan fingerprint density at radius 3 is 2.23 bits per heavy atom. The summed E-state index contributed by atoms with van der Waals surface area (Å²) in [5, 5.41) is 2.83. The fourth-order valence-electron chi connectivity index (χ4n) is 3.91. The van der Waals surface area contributed by atoms with E-state index in [0.29, 0.717) is 39.8 Å². The molecular weight excluding hydrogens is 450 g/mol. The first kappa shape index (κ1) is 23.5. The quantitative estimate of drug-likeness (QED) is 0.370. The number of nitrogens with one attached hydrogen (secondary N) is 1. The number of carbonyl (C=O) groups excluding carboxylic acids is 2. The summed E-state index contributed by atoms with van der Waals surface area (Å²) in [6.07, 6.45) is 1.68. The topological polar surface area (TPSA) is 114 Å². The highest BCUT2D eigenvalue weighted by Crippen LogP contribution is 2.34. The van der Waals surface area contributed by atoms with E-state index in [1.807, 2.05) is 0 Å². The normalized spacial score (nSPS) is 10.6. The first-order chi connectivity index (χ1) is 16.9. The van der Waals surface area contributed by atoms with E-state index in [-0.39, 0.29) is 22.7 Å². The van der Waals surface area contributed by atoms with Gasteiger partial charge in [-0.25, -0.2) is 0 Å². The first-order valence-electron chi connectivity index (χ1n) is 10.6. The number of nitrogen functional groups attached to an aromatic ring is 1. The lowest BCUT2D eigenvalue weighted by molar-refractivity contribution is 0.102. The van der Waals surface area contributed by atoms with Crippen LogP contribution in [-0.2, 0) is 0 Å². The maximum atomic E-state index is 13.6. The molecule has 0 saturated heterocycles. The lowest BCUT2D eigenvalue weighted by Crippen LogP contribution is -2.15. The van der Waals surface area contributed by atoms with Crippen LogP contribution in [0.2, 0.25) is 0 Å². The summed E-state index contributed by atoms with van der Waals surface area (Å²) in [6, 6.07) is 15.1. The molecule has 0 fully saturated rings. The summed E-state index contributed by atoms with van der Waals surface area (Å²) in [5.41, 5.74) is 8.04. The molecule has 0 saturated carbocycles. The second-order valence-corrected chi connectivity index (χ2v) is 7.51. The number of nitrogens with two attached hydrogens (primary N) is 1. The molecule has 0 bridgehead atoms. The largest absolute Gasteiger partial charge is 0.497 e. The number of ketones is 1. The number of anilines is 2. The maximum absolute atomic E-state index is 13.6. The predicted molar refractivity (Wildman–Crippen MR) is 132 cm³/mol. The van der Waals surface area contributed by atoms with E-state index in [1.165, 1.54) is 28.4 Å². The van der Waals surface area contributed by atoms with Gasteiger partial charge < -0.3 is 34.4 Å². The summed E-state index contributed by atoms with van der Waals surface area (Å²) in [5.74, 6) is 1.01. The van der Waals surface area contributed by atoms with Crippen molar-refractivity contribution in [3.8, 4) is 23.0 Å². The number of methoxy groups -OCH3 is 4. The molecule has 9 nitrogen and oxygen atoms in total. The smallest absolute Gasteiger partial charge is 0.260 e. The molecule has 4 aromatic rings. The van der Waals surface area contributed by atoms with Crippen molar-refractivity contribution in [2.45, 2.75) is 0 Å². The van der Waals surface area contributed by atoms with Crippen LogP contribution in [0.1, 0.15) is 26.4 Å². The summed E-state index contributed by atoms with van der Waals surface area (Å²) in [7, 11) is 6.03. The number of ether oxygens (including phenoxy) is 4. The van der Waals surface area contributed by atoms with E-state index in [4.69, 9.17) is 24.7 Å². The number of rotatable bonds is 8. The average Bonchev–Trinajstić information content (AvgIpc) is 3.19. The van der Waals surface area contributed by atoms with Gasteiger partial charge in [-0.15, -0.1) is 0 Å². The number of benzene rings is 2. The van der Waals surface area contributed by atoms with Gasteiger partial charge in [-0.05, 0) is 42.5 Å². The van der Waals surface area contributed by atoms with Crippen molar-refractivity contribution < 1.29 is 28.5 Å². The van der Waals surface area contributed by atoms with Crippen LogP contribution in [0.4, 0.5) is 11.4 Å². The van der Waals surface area contributed by atoms with Crippen molar-refractivity contribution in [3.05, 3.63) is 77.6 Å². The summed E-state index contributed by atoms with van der Waals surface area (Å²) in [6.45, 7) is 0. The van der Waals surface area contributed by atoms with Crippen LogP contribution < -0.4 is 30.0 Å². The van der Waals surface area contributed by atoms with Gasteiger partial charge >= 0.3 is 0 Å². The molecular formula is C26H25N3O6. The number of pyridine rings is 1. The van der Waals surface area contributed by atoms with Crippen LogP contribution in [0.25, 0.3) is 5.52 Å². The molecule has 0 radical (unpaired) electrons. The number of hydrogen-bond donors (Lipinski definition) is 2. The SMILES string of the molecule is COc1ccc(OC)c(NC(=O)c2c(N)c(C(=O)c3ccc(OC)c(OC)c3)n3ccccc23)c1. The van der Waals surface area contributed by atoms with Crippen molar-refractivity contribution in [2.75, 3.05) is 39.5 Å². The molecule has 9 heteroatoms. The van der Waals surface area contributed by atoms with E-state index in [9.17, 15) is 9.59 Å². The van der Waals surface area contributed by atoms with Gasteiger partial charge in [-0.1, -0.05) is 6.07 Å². The van der Waals surface area contributed by atoms with E-state index < -0.39 is 5.91 Å². The second-order valence-electron chi connectivity index (χ2n) is 7.51. The van der Waals surface area contributed by atoms with E-state index in [2.05, 4.69) is 5.32 Å². The Hall–Kier alpha value is -4.66. The van der Waals surface area contributed by atoms with E-state index >= 15 is 0 Å². The molecule has 1 amide bonds. The highest BCUT2D eigenvalue weighted by molar-refractivity contribution is 6.20. The van der Waals surface area contributed by atoms with Crippen LogP contribution in [0.15, 0.2) is 60.8 Å². The second kappa shape index (κ2) is 9.68. The number of amides is 1. The molecule has 3 N–H and O–H groups in total. The van der Waals surface area contributed by atoms with Gasteiger partial charge in [0.15, 0.2) is 11.5 Å². The Morgan fingerprint density at radius 2 is 1.54 bits per heavy atom. The third kappa shape index (κ3) is 4.19. The number of carbonyl (C=O) groups is 2. The van der Waals surface area contributed by atoms with Gasteiger partial charge in [0, 0.05) is 17.8 Å². The monoisotopic (exact) mass is 475 g/mol. The molecule has 0 spiro atoms. The lowest BCUT2D eigenvalue weighted by atomic mass is 10.1. The molecule has 0 aliphatic heterocycles. The Kier molecular flexibility index (Phi) is 6.50. The maximum Gasteiger partial charge on any atom is 0.260 e. The third-order valence-corrected chi connectivity index (χ3v) is 5.62. The minimum Gasteiger partial charge on any atom is -0.497 e. The molecule has 180 valence electrons. The Morgan fingerprint density at radius 1 is 0.829 bits per heavy atom. The fraction of sp³-hybridized carbons (Fsp3) is 0.154. The summed E-state index contributed by atoms with van der Waals surface area (Å²) >= 11 is 0. The third-order valence-electron chi connectivity index (χ3n) is 5.62. The number of aromatic nitrogens is 1. The molecule has 0 aliphatic carbocycles. The van der Waals surface area contributed by atoms with Gasteiger partial charge in [0.05, 0.1) is 50.9 Å². The van der Waals surface area contributed by atoms with Crippen LogP contribution in [0.3, 0.4) is 0 Å². The van der Waals surface area contributed by atoms with E-state index in [0.717, 1.165) is 0 Å². The zero-order chi connectivity index (χ0) is 25.1. The van der Waals surface area contributed by atoms with Gasteiger partial charge in [0.25, 0.3) is 5.91 Å². The van der Waals surface area contributed by atoms with Crippen molar-refractivity contribution in [3.63, 3.8) is 0 Å². The number of fused-ring (bicyclic) bond motifs is 1. The van der Waals surface area contributed by atoms with Crippen LogP contribution >= 0.6 is 0 Å². The zero-order valence-electron chi connectivity index (χ0n) is 19.7. The van der Waals surface area contributed by atoms with Gasteiger partial charge in [0.2, 0.25) is 5.78 Å². The Bertz CT molecular complexity index is 1430. The zero-order valence-corrected chi connectivity index (χ0v) is 19.7. The molecule has 0 aliphatic rings. The average molecular weight is 476 g/mol. The molecule has 2 heterocycles. The summed E-state index contributed by atoms with van der Waals surface area (Å²) < 4.78 is 22.8. The Labute approximate surface area is 202 Å². The molecule has 4 rings (SSSR count). The van der Waals surface area contributed by atoms with Crippen molar-refractivity contribution in [1.29, 1.82) is 0 Å². The predicted octanol–water partition coefficient (Wildman–Crippen LogP) is 4.04. The van der Waals surface area contributed by atoms with Crippen molar-refractivity contribution in [2.24, 2.45) is 0 Å². The fourth-order valence-corrected chi connectivity index (χ4v) is 3.91. The lowest BCUT2D eigenvalue weighted by Gasteiger charge is -2.12. The first-order valence-corrected chi connectivity index (χ1v) is 10.6. The van der Waals surface area contributed by atoms with Crippen LogP contribution in [0, 0.1) is 0 Å². The minimum atomic E-state index is -0.496.